The zero-order valence-electron chi connectivity index (χ0n) is 11.7. The Labute approximate surface area is 129 Å². The second-order valence-corrected chi connectivity index (χ2v) is 5.72. The van der Waals surface area contributed by atoms with E-state index in [2.05, 4.69) is 0 Å². The molecule has 2 aromatic rings. The van der Waals surface area contributed by atoms with Gasteiger partial charge in [-0.1, -0.05) is 30.3 Å². The summed E-state index contributed by atoms with van der Waals surface area (Å²) in [4.78, 5) is 0.428. The quantitative estimate of drug-likeness (QED) is 0.821. The van der Waals surface area contributed by atoms with Crippen molar-refractivity contribution in [2.24, 2.45) is 0 Å². The summed E-state index contributed by atoms with van der Waals surface area (Å²) >= 11 is -1.63. The Kier molecular flexibility index (Phi) is 5.15. The van der Waals surface area contributed by atoms with Gasteiger partial charge in [-0.2, -0.15) is 17.7 Å². The van der Waals surface area contributed by atoms with E-state index in [1.165, 1.54) is 31.4 Å². The van der Waals surface area contributed by atoms with Crippen molar-refractivity contribution in [2.45, 2.75) is 11.1 Å². The van der Waals surface area contributed by atoms with Crippen LogP contribution in [0.25, 0.3) is 5.57 Å². The molecule has 0 aromatic heterocycles. The molecule has 0 spiro atoms. The Morgan fingerprint density at radius 2 is 1.64 bits per heavy atom. The van der Waals surface area contributed by atoms with Gasteiger partial charge in [0.1, 0.15) is 11.3 Å². The third-order valence-electron chi connectivity index (χ3n) is 2.92. The minimum atomic E-state index is -4.56. The van der Waals surface area contributed by atoms with Crippen LogP contribution in [0, 0.1) is 0 Å². The first-order chi connectivity index (χ1) is 10.4. The van der Waals surface area contributed by atoms with Crippen LogP contribution in [-0.4, -0.2) is 17.8 Å². The molecule has 116 valence electrons. The van der Waals surface area contributed by atoms with Gasteiger partial charge in [-0.25, -0.2) is 0 Å². The normalized spacial score (nSPS) is 13.8. The maximum Gasteiger partial charge on any atom is 0.421 e. The highest BCUT2D eigenvalue weighted by Gasteiger charge is 2.38. The molecule has 1 unspecified atom stereocenters. The molecule has 0 radical (unpaired) electrons. The number of ether oxygens (including phenoxy) is 1. The van der Waals surface area contributed by atoms with E-state index in [0.717, 1.165) is 5.41 Å². The summed E-state index contributed by atoms with van der Waals surface area (Å²) in [6.45, 7) is 0. The van der Waals surface area contributed by atoms with Gasteiger partial charge in [0.05, 0.1) is 7.11 Å². The molecule has 2 aromatic carbocycles. The Morgan fingerprint density at radius 1 is 1.05 bits per heavy atom. The van der Waals surface area contributed by atoms with Crippen LogP contribution in [0.3, 0.4) is 0 Å². The molecule has 2 nitrogen and oxygen atoms in total. The van der Waals surface area contributed by atoms with Crippen molar-refractivity contribution < 1.29 is 22.5 Å². The minimum absolute atomic E-state index is 0.0178. The number of halogens is 3. The van der Waals surface area contributed by atoms with E-state index < -0.39 is 22.9 Å². The summed E-state index contributed by atoms with van der Waals surface area (Å²) in [6, 6.07) is 13.8. The van der Waals surface area contributed by atoms with Crippen LogP contribution in [0.2, 0.25) is 0 Å². The van der Waals surface area contributed by atoms with Gasteiger partial charge >= 0.3 is 6.18 Å². The van der Waals surface area contributed by atoms with Gasteiger partial charge in [0.15, 0.2) is 10.3 Å². The van der Waals surface area contributed by atoms with Gasteiger partial charge in [-0.15, -0.1) is 0 Å². The molecule has 0 amide bonds. The van der Waals surface area contributed by atoms with Gasteiger partial charge < -0.3 is 4.74 Å². The highest BCUT2D eigenvalue weighted by Crippen LogP contribution is 2.36. The molecule has 1 N–H and O–H groups in total. The van der Waals surface area contributed by atoms with Crippen molar-refractivity contribution in [1.82, 2.24) is 0 Å². The molecule has 0 bridgehead atoms. The second-order valence-electron chi connectivity index (χ2n) is 4.39. The fraction of sp³-hybridized carbons (Fsp3) is 0.125. The minimum Gasteiger partial charge on any atom is -0.497 e. The maximum absolute atomic E-state index is 13.3. The van der Waals surface area contributed by atoms with Gasteiger partial charge in [0, 0.05) is 0 Å². The summed E-state index contributed by atoms with van der Waals surface area (Å²) in [5.41, 5.74) is -0.888. The number of rotatable bonds is 4. The molecule has 6 heteroatoms. The van der Waals surface area contributed by atoms with Crippen LogP contribution < -0.4 is 4.74 Å². The van der Waals surface area contributed by atoms with Crippen molar-refractivity contribution in [3.63, 3.8) is 0 Å². The van der Waals surface area contributed by atoms with Crippen LogP contribution in [0.1, 0.15) is 5.56 Å². The molecule has 0 aliphatic carbocycles. The van der Waals surface area contributed by atoms with E-state index >= 15 is 0 Å². The lowest BCUT2D eigenvalue weighted by atomic mass is 10.1. The summed E-state index contributed by atoms with van der Waals surface area (Å²) in [6.07, 6.45) is -4.56. The van der Waals surface area contributed by atoms with Crippen molar-refractivity contribution in [2.75, 3.05) is 7.11 Å². The van der Waals surface area contributed by atoms with Gasteiger partial charge in [0.25, 0.3) is 0 Å². The molecule has 0 aliphatic heterocycles. The summed E-state index contributed by atoms with van der Waals surface area (Å²) in [7, 11) is 1.44. The SMILES string of the molecule is COc1ccc(/C(=C\[S+](O)c2ccccc2)C(F)(F)F)cc1. The zero-order valence-corrected chi connectivity index (χ0v) is 12.5. The standard InChI is InChI=1S/C16H14F3O2S/c1-21-13-9-7-12(8-10-13)15(16(17,18)19)11-22(20)14-5-3-2-4-6-14/h2-11,20H,1H3/q+1/b15-11+. The molecular weight excluding hydrogens is 313 g/mol. The van der Waals surface area contributed by atoms with Crippen molar-refractivity contribution in [3.8, 4) is 5.75 Å². The van der Waals surface area contributed by atoms with E-state index in [1.54, 1.807) is 30.3 Å². The highest BCUT2D eigenvalue weighted by atomic mass is 32.2. The fourth-order valence-corrected chi connectivity index (χ4v) is 2.87. The molecule has 1 atom stereocenters. The van der Waals surface area contributed by atoms with Gasteiger partial charge in [0.2, 0.25) is 11.2 Å². The van der Waals surface area contributed by atoms with Crippen LogP contribution in [0.4, 0.5) is 13.2 Å². The number of alkyl halides is 3. The Balaban J connectivity index is 2.39. The van der Waals surface area contributed by atoms with Crippen molar-refractivity contribution in [3.05, 3.63) is 65.6 Å². The number of hydrogen-bond donors (Lipinski definition) is 1. The highest BCUT2D eigenvalue weighted by molar-refractivity contribution is 7.94. The van der Waals surface area contributed by atoms with Crippen LogP contribution in [0.15, 0.2) is 64.9 Å². The third-order valence-corrected chi connectivity index (χ3v) is 4.13. The molecule has 22 heavy (non-hydrogen) atoms. The average Bonchev–Trinajstić information content (AvgIpc) is 2.52. The number of benzene rings is 2. The predicted octanol–water partition coefficient (Wildman–Crippen LogP) is 4.75. The summed E-state index contributed by atoms with van der Waals surface area (Å²) in [5, 5.41) is 0.844. The lowest BCUT2D eigenvalue weighted by Gasteiger charge is -2.11. The van der Waals surface area contributed by atoms with Crippen molar-refractivity contribution >= 4 is 16.7 Å². The third kappa shape index (κ3) is 4.05. The molecule has 0 saturated carbocycles. The van der Waals surface area contributed by atoms with Crippen LogP contribution in [-0.2, 0) is 11.2 Å². The molecular formula is C16H14F3O2S+. The summed E-state index contributed by atoms with van der Waals surface area (Å²) in [5.74, 6) is 0.469. The first-order valence-electron chi connectivity index (χ1n) is 6.32. The largest absolute Gasteiger partial charge is 0.497 e. The first-order valence-corrected chi connectivity index (χ1v) is 7.57. The number of allylic oxidation sites excluding steroid dienone is 1. The topological polar surface area (TPSA) is 29.5 Å². The molecule has 0 saturated heterocycles. The first kappa shape index (κ1) is 16.5. The van der Waals surface area contributed by atoms with E-state index in [4.69, 9.17) is 4.74 Å². The Hall–Kier alpha value is -1.92. The predicted molar refractivity (Wildman–Crippen MR) is 81.7 cm³/mol. The second kappa shape index (κ2) is 6.89. The number of methoxy groups -OCH3 is 1. The maximum atomic E-state index is 13.3. The van der Waals surface area contributed by atoms with Crippen LogP contribution in [0.5, 0.6) is 5.75 Å². The van der Waals surface area contributed by atoms with Crippen LogP contribution >= 0.6 is 0 Å². The lowest BCUT2D eigenvalue weighted by molar-refractivity contribution is -0.0688. The van der Waals surface area contributed by atoms with Crippen molar-refractivity contribution in [1.29, 1.82) is 0 Å². The van der Waals surface area contributed by atoms with E-state index in [9.17, 15) is 17.7 Å². The van der Waals surface area contributed by atoms with Gasteiger partial charge in [-0.05, 0) is 29.8 Å². The lowest BCUT2D eigenvalue weighted by Crippen LogP contribution is -2.13. The zero-order chi connectivity index (χ0) is 16.2. The fourth-order valence-electron chi connectivity index (χ4n) is 1.81. The molecule has 0 heterocycles. The number of hydrogen-bond acceptors (Lipinski definition) is 2. The Morgan fingerprint density at radius 3 is 2.14 bits per heavy atom. The summed E-state index contributed by atoms with van der Waals surface area (Å²) < 4.78 is 54.8. The smallest absolute Gasteiger partial charge is 0.421 e. The van der Waals surface area contributed by atoms with E-state index in [1.807, 2.05) is 0 Å². The Bertz CT molecular complexity index is 637. The molecule has 2 rings (SSSR count). The monoisotopic (exact) mass is 327 g/mol. The van der Waals surface area contributed by atoms with E-state index in [0.29, 0.717) is 10.6 Å². The molecule has 0 fully saturated rings. The average molecular weight is 327 g/mol. The van der Waals surface area contributed by atoms with E-state index in [-0.39, 0.29) is 5.56 Å². The molecule has 0 aliphatic rings. The van der Waals surface area contributed by atoms with Gasteiger partial charge in [-0.3, -0.25) is 0 Å².